The molecule has 1 N–H and O–H groups in total. The summed E-state index contributed by atoms with van der Waals surface area (Å²) in [6, 6.07) is 10.3. The van der Waals surface area contributed by atoms with Gasteiger partial charge in [0, 0.05) is 6.54 Å². The Morgan fingerprint density at radius 3 is 2.88 bits per heavy atom. The molecule has 3 nitrogen and oxygen atoms in total. The lowest BCUT2D eigenvalue weighted by Crippen LogP contribution is -2.02. The molecule has 3 rings (SSSR count). The van der Waals surface area contributed by atoms with Gasteiger partial charge in [-0.1, -0.05) is 18.2 Å². The number of hydrogen-bond donors (Lipinski definition) is 1. The Bertz CT molecular complexity index is 473. The summed E-state index contributed by atoms with van der Waals surface area (Å²) in [6.45, 7) is 1.06. The van der Waals surface area contributed by atoms with E-state index in [-0.39, 0.29) is 0 Å². The van der Waals surface area contributed by atoms with Gasteiger partial charge in [-0.25, -0.2) is 4.68 Å². The summed E-state index contributed by atoms with van der Waals surface area (Å²) in [6.07, 6.45) is 5.52. The van der Waals surface area contributed by atoms with Crippen molar-refractivity contribution in [2.75, 3.05) is 11.9 Å². The molecule has 0 fully saturated rings. The van der Waals surface area contributed by atoms with E-state index >= 15 is 0 Å². The molecule has 16 heavy (non-hydrogen) atoms. The molecule has 0 atom stereocenters. The summed E-state index contributed by atoms with van der Waals surface area (Å²) < 4.78 is 2.05. The molecule has 3 heteroatoms. The Hall–Kier alpha value is -1.77. The monoisotopic (exact) mass is 213 g/mol. The van der Waals surface area contributed by atoms with Gasteiger partial charge >= 0.3 is 0 Å². The Kier molecular flexibility index (Phi) is 2.37. The zero-order valence-electron chi connectivity index (χ0n) is 9.19. The van der Waals surface area contributed by atoms with E-state index in [9.17, 15) is 0 Å². The van der Waals surface area contributed by atoms with Crippen molar-refractivity contribution in [1.29, 1.82) is 0 Å². The van der Waals surface area contributed by atoms with Crippen LogP contribution in [0.25, 0.3) is 5.69 Å². The predicted molar refractivity (Wildman–Crippen MR) is 65.0 cm³/mol. The van der Waals surface area contributed by atoms with Crippen molar-refractivity contribution in [3.63, 3.8) is 0 Å². The number of nitrogens with zero attached hydrogens (tertiary/aromatic N) is 2. The molecular formula is C13H15N3. The van der Waals surface area contributed by atoms with Gasteiger partial charge in [-0.05, 0) is 31.4 Å². The fourth-order valence-electron chi connectivity index (χ4n) is 2.19. The third-order valence-corrected chi connectivity index (χ3v) is 3.03. The van der Waals surface area contributed by atoms with E-state index in [1.165, 1.54) is 24.2 Å². The highest BCUT2D eigenvalue weighted by Gasteiger charge is 2.13. The van der Waals surface area contributed by atoms with Crippen LogP contribution in [0.3, 0.4) is 0 Å². The van der Waals surface area contributed by atoms with Gasteiger partial charge in [0.2, 0.25) is 0 Å². The SMILES string of the molecule is c1ccc(-n2ncc3c2CCCCN3)cc1. The molecule has 82 valence electrons. The average Bonchev–Trinajstić information content (AvgIpc) is 2.60. The number of hydrogen-bond acceptors (Lipinski definition) is 2. The molecule has 1 aliphatic heterocycles. The second kappa shape index (κ2) is 4.00. The van der Waals surface area contributed by atoms with Gasteiger partial charge in [0.05, 0.1) is 23.3 Å². The maximum Gasteiger partial charge on any atom is 0.0763 e. The molecule has 0 saturated heterocycles. The van der Waals surface area contributed by atoms with Crippen molar-refractivity contribution in [3.8, 4) is 5.69 Å². The average molecular weight is 213 g/mol. The van der Waals surface area contributed by atoms with Crippen molar-refractivity contribution < 1.29 is 0 Å². The molecule has 2 aromatic rings. The fraction of sp³-hybridized carbons (Fsp3) is 0.308. The third kappa shape index (κ3) is 1.58. The third-order valence-electron chi connectivity index (χ3n) is 3.03. The van der Waals surface area contributed by atoms with Crippen LogP contribution in [0.5, 0.6) is 0 Å². The quantitative estimate of drug-likeness (QED) is 0.789. The number of nitrogens with one attached hydrogen (secondary N) is 1. The Labute approximate surface area is 95.1 Å². The van der Waals surface area contributed by atoms with Gasteiger partial charge in [-0.2, -0.15) is 5.10 Å². The van der Waals surface area contributed by atoms with Gasteiger partial charge in [0.1, 0.15) is 0 Å². The topological polar surface area (TPSA) is 29.9 Å². The van der Waals surface area contributed by atoms with Crippen LogP contribution in [-0.4, -0.2) is 16.3 Å². The fourth-order valence-corrected chi connectivity index (χ4v) is 2.19. The molecule has 0 unspecified atom stereocenters. The molecule has 0 amide bonds. The summed E-state index contributed by atoms with van der Waals surface area (Å²) in [5, 5.41) is 7.90. The molecule has 0 aliphatic carbocycles. The molecular weight excluding hydrogens is 198 g/mol. The molecule has 0 radical (unpaired) electrons. The van der Waals surface area contributed by atoms with Gasteiger partial charge in [0.15, 0.2) is 0 Å². The maximum atomic E-state index is 4.46. The molecule has 1 aliphatic rings. The van der Waals surface area contributed by atoms with Gasteiger partial charge < -0.3 is 5.32 Å². The van der Waals surface area contributed by atoms with E-state index in [0.717, 1.165) is 18.7 Å². The number of benzene rings is 1. The van der Waals surface area contributed by atoms with Crippen LogP contribution in [0.15, 0.2) is 36.5 Å². The number of para-hydroxylation sites is 1. The summed E-state index contributed by atoms with van der Waals surface area (Å²) in [5.74, 6) is 0. The zero-order chi connectivity index (χ0) is 10.8. The molecule has 2 heterocycles. The van der Waals surface area contributed by atoms with Gasteiger partial charge in [-0.3, -0.25) is 0 Å². The molecule has 0 saturated carbocycles. The van der Waals surface area contributed by atoms with E-state index in [0.29, 0.717) is 0 Å². The lowest BCUT2D eigenvalue weighted by atomic mass is 10.2. The Balaban J connectivity index is 2.06. The van der Waals surface area contributed by atoms with Crippen LogP contribution >= 0.6 is 0 Å². The maximum absolute atomic E-state index is 4.46. The van der Waals surface area contributed by atoms with E-state index in [1.54, 1.807) is 0 Å². The van der Waals surface area contributed by atoms with E-state index in [4.69, 9.17) is 0 Å². The lowest BCUT2D eigenvalue weighted by molar-refractivity contribution is 0.729. The summed E-state index contributed by atoms with van der Waals surface area (Å²) in [5.41, 5.74) is 3.65. The number of fused-ring (bicyclic) bond motifs is 1. The van der Waals surface area contributed by atoms with Crippen LogP contribution < -0.4 is 5.32 Å². The molecule has 0 spiro atoms. The Morgan fingerprint density at radius 1 is 1.12 bits per heavy atom. The normalized spacial score (nSPS) is 15.0. The van der Waals surface area contributed by atoms with Crippen LogP contribution in [-0.2, 0) is 6.42 Å². The van der Waals surface area contributed by atoms with E-state index in [2.05, 4.69) is 22.5 Å². The number of anilines is 1. The summed E-state index contributed by atoms with van der Waals surface area (Å²) in [4.78, 5) is 0. The standard InChI is InChI=1S/C13H15N3/c1-2-6-11(7-3-1)16-13-8-4-5-9-14-12(13)10-15-16/h1-3,6-7,10,14H,4-5,8-9H2. The highest BCUT2D eigenvalue weighted by atomic mass is 15.3. The first kappa shape index (κ1) is 9.46. The van der Waals surface area contributed by atoms with Crippen molar-refractivity contribution in [2.24, 2.45) is 0 Å². The summed E-state index contributed by atoms with van der Waals surface area (Å²) in [7, 11) is 0. The second-order valence-corrected chi connectivity index (χ2v) is 4.14. The summed E-state index contributed by atoms with van der Waals surface area (Å²) >= 11 is 0. The molecule has 1 aromatic heterocycles. The minimum Gasteiger partial charge on any atom is -0.382 e. The zero-order valence-corrected chi connectivity index (χ0v) is 9.19. The predicted octanol–water partition coefficient (Wildman–Crippen LogP) is 2.62. The molecule has 0 bridgehead atoms. The van der Waals surface area contributed by atoms with Crippen LogP contribution in [0.1, 0.15) is 18.5 Å². The first-order valence-corrected chi connectivity index (χ1v) is 5.81. The Morgan fingerprint density at radius 2 is 2.00 bits per heavy atom. The van der Waals surface area contributed by atoms with Crippen LogP contribution in [0.2, 0.25) is 0 Å². The smallest absolute Gasteiger partial charge is 0.0763 e. The lowest BCUT2D eigenvalue weighted by Gasteiger charge is -2.06. The highest BCUT2D eigenvalue weighted by molar-refractivity contribution is 5.50. The van der Waals surface area contributed by atoms with Crippen molar-refractivity contribution in [3.05, 3.63) is 42.2 Å². The second-order valence-electron chi connectivity index (χ2n) is 4.14. The van der Waals surface area contributed by atoms with Crippen LogP contribution in [0, 0.1) is 0 Å². The van der Waals surface area contributed by atoms with Crippen molar-refractivity contribution in [2.45, 2.75) is 19.3 Å². The van der Waals surface area contributed by atoms with Crippen molar-refractivity contribution >= 4 is 5.69 Å². The first-order chi connectivity index (χ1) is 7.95. The number of aromatic nitrogens is 2. The van der Waals surface area contributed by atoms with E-state index in [1.807, 2.05) is 29.1 Å². The minimum absolute atomic E-state index is 1.06. The van der Waals surface area contributed by atoms with Gasteiger partial charge in [-0.15, -0.1) is 0 Å². The number of rotatable bonds is 1. The van der Waals surface area contributed by atoms with Crippen molar-refractivity contribution in [1.82, 2.24) is 9.78 Å². The largest absolute Gasteiger partial charge is 0.382 e. The van der Waals surface area contributed by atoms with E-state index < -0.39 is 0 Å². The molecule has 1 aromatic carbocycles. The minimum atomic E-state index is 1.06. The first-order valence-electron chi connectivity index (χ1n) is 5.81. The highest BCUT2D eigenvalue weighted by Crippen LogP contribution is 2.23. The van der Waals surface area contributed by atoms with Gasteiger partial charge in [0.25, 0.3) is 0 Å². The van der Waals surface area contributed by atoms with Crippen LogP contribution in [0.4, 0.5) is 5.69 Å².